The molecule has 0 N–H and O–H groups in total. The number of halogens is 2. The molecule has 1 heterocycles. The van der Waals surface area contributed by atoms with Crippen molar-refractivity contribution in [1.82, 2.24) is 4.57 Å². The van der Waals surface area contributed by atoms with Gasteiger partial charge in [0.2, 0.25) is 0 Å². The molecule has 0 atom stereocenters. The number of nitrogens with zero attached hydrogens (tertiary/aromatic N) is 1. The number of benzene rings is 2. The van der Waals surface area contributed by atoms with Gasteiger partial charge in [-0.15, -0.1) is 0 Å². The standard InChI is InChI=1S/C17H13F2NO3/c1-10(21)23-14-6-15(18)17(16(19)7-14)20-8-11-3-4-13(22-2)5-12(11)9-20/h3-9H,1-2H3. The third-order valence-electron chi connectivity index (χ3n) is 3.36. The first-order chi connectivity index (χ1) is 11.0. The molecule has 0 unspecified atom stereocenters. The Kier molecular flexibility index (Phi) is 3.73. The molecular formula is C17H13F2NO3. The molecule has 6 heteroatoms. The van der Waals surface area contributed by atoms with Crippen molar-refractivity contribution in [2.45, 2.75) is 6.92 Å². The smallest absolute Gasteiger partial charge is 0.308 e. The van der Waals surface area contributed by atoms with Crippen LogP contribution < -0.4 is 9.47 Å². The number of esters is 1. The van der Waals surface area contributed by atoms with Crippen LogP contribution in [0.2, 0.25) is 0 Å². The fourth-order valence-corrected chi connectivity index (χ4v) is 2.39. The first kappa shape index (κ1) is 15.0. The lowest BCUT2D eigenvalue weighted by molar-refractivity contribution is -0.131. The van der Waals surface area contributed by atoms with Crippen LogP contribution in [0.3, 0.4) is 0 Å². The summed E-state index contributed by atoms with van der Waals surface area (Å²) in [5.41, 5.74) is -0.240. The summed E-state index contributed by atoms with van der Waals surface area (Å²) < 4.78 is 39.7. The van der Waals surface area contributed by atoms with Crippen molar-refractivity contribution in [1.29, 1.82) is 0 Å². The van der Waals surface area contributed by atoms with Crippen LogP contribution >= 0.6 is 0 Å². The molecule has 0 bridgehead atoms. The number of ether oxygens (including phenoxy) is 2. The third kappa shape index (κ3) is 2.88. The van der Waals surface area contributed by atoms with Gasteiger partial charge in [-0.2, -0.15) is 0 Å². The zero-order valence-electron chi connectivity index (χ0n) is 12.5. The second kappa shape index (κ2) is 5.72. The molecule has 0 spiro atoms. The molecule has 0 fully saturated rings. The summed E-state index contributed by atoms with van der Waals surface area (Å²) in [5.74, 6) is -1.81. The Balaban J connectivity index is 2.09. The number of carbonyl (C=O) groups excluding carboxylic acids is 1. The van der Waals surface area contributed by atoms with Crippen LogP contribution in [0.4, 0.5) is 8.78 Å². The molecule has 0 saturated carbocycles. The largest absolute Gasteiger partial charge is 0.497 e. The quantitative estimate of drug-likeness (QED) is 0.544. The van der Waals surface area contributed by atoms with E-state index in [2.05, 4.69) is 0 Å². The fraction of sp³-hybridized carbons (Fsp3) is 0.118. The van der Waals surface area contributed by atoms with Gasteiger partial charge in [0.05, 0.1) is 7.11 Å². The Morgan fingerprint density at radius 1 is 1.00 bits per heavy atom. The summed E-state index contributed by atoms with van der Waals surface area (Å²) in [4.78, 5) is 10.9. The number of rotatable bonds is 3. The summed E-state index contributed by atoms with van der Waals surface area (Å²) >= 11 is 0. The molecule has 3 aromatic rings. The van der Waals surface area contributed by atoms with Gasteiger partial charge in [-0.05, 0) is 18.2 Å². The monoisotopic (exact) mass is 317 g/mol. The molecule has 4 nitrogen and oxygen atoms in total. The van der Waals surface area contributed by atoms with E-state index in [4.69, 9.17) is 9.47 Å². The summed E-state index contributed by atoms with van der Waals surface area (Å²) in [7, 11) is 1.55. The van der Waals surface area contributed by atoms with Crippen molar-refractivity contribution in [2.75, 3.05) is 7.11 Å². The maximum Gasteiger partial charge on any atom is 0.308 e. The van der Waals surface area contributed by atoms with E-state index in [-0.39, 0.29) is 11.4 Å². The van der Waals surface area contributed by atoms with E-state index in [9.17, 15) is 13.6 Å². The predicted octanol–water partition coefficient (Wildman–Crippen LogP) is 3.84. The van der Waals surface area contributed by atoms with E-state index < -0.39 is 17.6 Å². The normalized spacial score (nSPS) is 10.8. The zero-order chi connectivity index (χ0) is 16.6. The minimum Gasteiger partial charge on any atom is -0.497 e. The van der Waals surface area contributed by atoms with Gasteiger partial charge in [-0.1, -0.05) is 0 Å². The van der Waals surface area contributed by atoms with Crippen LogP contribution in [0.1, 0.15) is 6.92 Å². The number of aromatic nitrogens is 1. The average molecular weight is 317 g/mol. The van der Waals surface area contributed by atoms with Crippen molar-refractivity contribution in [3.8, 4) is 17.2 Å². The number of hydrogen-bond acceptors (Lipinski definition) is 3. The van der Waals surface area contributed by atoms with Crippen LogP contribution in [0.5, 0.6) is 11.5 Å². The number of hydrogen-bond donors (Lipinski definition) is 0. The minimum atomic E-state index is -0.825. The van der Waals surface area contributed by atoms with Crippen molar-refractivity contribution in [2.24, 2.45) is 0 Å². The lowest BCUT2D eigenvalue weighted by Gasteiger charge is -2.08. The second-order valence-corrected chi connectivity index (χ2v) is 4.99. The Hall–Kier alpha value is -2.89. The summed E-state index contributed by atoms with van der Waals surface area (Å²) in [6, 6.07) is 7.29. The first-order valence-corrected chi connectivity index (χ1v) is 6.81. The molecule has 0 amide bonds. The van der Waals surface area contributed by atoms with Gasteiger partial charge in [0.1, 0.15) is 17.2 Å². The van der Waals surface area contributed by atoms with Gasteiger partial charge >= 0.3 is 5.97 Å². The molecule has 0 saturated heterocycles. The van der Waals surface area contributed by atoms with Gasteiger partial charge in [-0.25, -0.2) is 8.78 Å². The van der Waals surface area contributed by atoms with Gasteiger partial charge < -0.3 is 14.0 Å². The molecule has 0 aliphatic carbocycles. The molecular weight excluding hydrogens is 304 g/mol. The SMILES string of the molecule is COc1ccc2cn(-c3c(F)cc(OC(C)=O)cc3F)cc2c1. The van der Waals surface area contributed by atoms with E-state index in [1.807, 2.05) is 0 Å². The molecule has 0 radical (unpaired) electrons. The van der Waals surface area contributed by atoms with Crippen molar-refractivity contribution in [3.05, 3.63) is 54.4 Å². The van der Waals surface area contributed by atoms with Gasteiger partial charge in [-0.3, -0.25) is 4.79 Å². The Labute approximate surface area is 130 Å². The highest BCUT2D eigenvalue weighted by atomic mass is 19.1. The number of carbonyl (C=O) groups is 1. The highest BCUT2D eigenvalue weighted by Crippen LogP contribution is 2.28. The minimum absolute atomic E-state index is 0.172. The molecule has 23 heavy (non-hydrogen) atoms. The van der Waals surface area contributed by atoms with Crippen LogP contribution in [-0.4, -0.2) is 17.6 Å². The van der Waals surface area contributed by atoms with E-state index in [0.717, 1.165) is 29.8 Å². The molecule has 1 aromatic heterocycles. The van der Waals surface area contributed by atoms with Crippen LogP contribution in [0.15, 0.2) is 42.7 Å². The second-order valence-electron chi connectivity index (χ2n) is 4.99. The topological polar surface area (TPSA) is 40.5 Å². The van der Waals surface area contributed by atoms with E-state index in [0.29, 0.717) is 5.75 Å². The summed E-state index contributed by atoms with van der Waals surface area (Å²) in [6.07, 6.45) is 3.21. The Morgan fingerprint density at radius 3 is 2.26 bits per heavy atom. The summed E-state index contributed by atoms with van der Waals surface area (Å²) in [6.45, 7) is 1.16. The van der Waals surface area contributed by atoms with Crippen LogP contribution in [-0.2, 0) is 4.79 Å². The Morgan fingerprint density at radius 2 is 1.65 bits per heavy atom. The summed E-state index contributed by atoms with van der Waals surface area (Å²) in [5, 5.41) is 1.60. The maximum absolute atomic E-state index is 14.2. The first-order valence-electron chi connectivity index (χ1n) is 6.81. The van der Waals surface area contributed by atoms with Gasteiger partial charge in [0.25, 0.3) is 0 Å². The fourth-order valence-electron chi connectivity index (χ4n) is 2.39. The van der Waals surface area contributed by atoms with E-state index in [1.54, 1.807) is 37.7 Å². The predicted molar refractivity (Wildman–Crippen MR) is 81.1 cm³/mol. The average Bonchev–Trinajstić information content (AvgIpc) is 2.87. The van der Waals surface area contributed by atoms with E-state index >= 15 is 0 Å². The van der Waals surface area contributed by atoms with Crippen LogP contribution in [0.25, 0.3) is 16.5 Å². The number of methoxy groups -OCH3 is 1. The lowest BCUT2D eigenvalue weighted by Crippen LogP contribution is -2.05. The Bertz CT molecular complexity index is 879. The van der Waals surface area contributed by atoms with Crippen molar-refractivity contribution < 1.29 is 23.0 Å². The molecule has 0 aliphatic heterocycles. The molecule has 2 aromatic carbocycles. The van der Waals surface area contributed by atoms with Crippen LogP contribution in [0, 0.1) is 11.6 Å². The lowest BCUT2D eigenvalue weighted by atomic mass is 10.2. The van der Waals surface area contributed by atoms with Gasteiger partial charge in [0, 0.05) is 42.2 Å². The van der Waals surface area contributed by atoms with E-state index in [1.165, 1.54) is 4.57 Å². The third-order valence-corrected chi connectivity index (χ3v) is 3.36. The molecule has 3 rings (SSSR count). The number of fused-ring (bicyclic) bond motifs is 1. The maximum atomic E-state index is 14.2. The zero-order valence-corrected chi connectivity index (χ0v) is 12.5. The highest BCUT2D eigenvalue weighted by Gasteiger charge is 2.15. The van der Waals surface area contributed by atoms with Crippen molar-refractivity contribution in [3.63, 3.8) is 0 Å². The molecule has 118 valence electrons. The highest BCUT2D eigenvalue weighted by molar-refractivity contribution is 5.84. The van der Waals surface area contributed by atoms with Crippen molar-refractivity contribution >= 4 is 16.7 Å². The molecule has 0 aliphatic rings. The van der Waals surface area contributed by atoms with Gasteiger partial charge in [0.15, 0.2) is 11.6 Å².